The van der Waals surface area contributed by atoms with Crippen LogP contribution in [0.4, 0.5) is 0 Å². The third kappa shape index (κ3) is 5.14. The van der Waals surface area contributed by atoms with Crippen molar-refractivity contribution in [3.05, 3.63) is 88.8 Å². The van der Waals surface area contributed by atoms with Crippen molar-refractivity contribution in [1.29, 1.82) is 0 Å². The minimum atomic E-state index is -0.185. The van der Waals surface area contributed by atoms with Gasteiger partial charge in [-0.05, 0) is 48.5 Å². The largest absolute Gasteiger partial charge is 0.493 e. The van der Waals surface area contributed by atoms with Gasteiger partial charge in [0.05, 0.1) is 64.6 Å². The maximum atomic E-state index is 11.9. The van der Waals surface area contributed by atoms with Crippen molar-refractivity contribution in [1.82, 2.24) is 29.2 Å². The van der Waals surface area contributed by atoms with Gasteiger partial charge in [-0.2, -0.15) is 10.2 Å². The Morgan fingerprint density at radius 3 is 1.88 bits per heavy atom. The van der Waals surface area contributed by atoms with E-state index in [1.807, 2.05) is 36.5 Å². The summed E-state index contributed by atoms with van der Waals surface area (Å²) in [6.07, 6.45) is 6.85. The lowest BCUT2D eigenvalue weighted by Gasteiger charge is -2.09. The molecule has 40 heavy (non-hydrogen) atoms. The smallest absolute Gasteiger partial charge is 0.274 e. The highest BCUT2D eigenvalue weighted by atomic mass is 35.5. The summed E-state index contributed by atoms with van der Waals surface area (Å²) in [7, 11) is 6.34. The summed E-state index contributed by atoms with van der Waals surface area (Å²) in [5.41, 5.74) is 4.17. The van der Waals surface area contributed by atoms with Crippen LogP contribution in [0.25, 0.3) is 33.5 Å². The molecule has 0 aliphatic rings. The second-order valence-corrected chi connectivity index (χ2v) is 8.73. The summed E-state index contributed by atoms with van der Waals surface area (Å²) in [5.74, 6) is 2.55. The molecule has 0 aliphatic carbocycles. The van der Waals surface area contributed by atoms with Crippen molar-refractivity contribution in [2.75, 3.05) is 28.4 Å². The highest BCUT2D eigenvalue weighted by Gasteiger charge is 2.11. The van der Waals surface area contributed by atoms with E-state index >= 15 is 0 Å². The van der Waals surface area contributed by atoms with Crippen molar-refractivity contribution < 1.29 is 18.9 Å². The molecule has 6 rings (SSSR count). The normalized spacial score (nSPS) is 10.7. The number of H-pyrrole nitrogens is 1. The molecule has 2 aromatic carbocycles. The summed E-state index contributed by atoms with van der Waals surface area (Å²) < 4.78 is 24.2. The fourth-order valence-corrected chi connectivity index (χ4v) is 4.35. The van der Waals surface area contributed by atoms with Gasteiger partial charge in [0.25, 0.3) is 5.56 Å². The Kier molecular flexibility index (Phi) is 7.56. The number of methoxy groups -OCH3 is 4. The van der Waals surface area contributed by atoms with Crippen LogP contribution in [0.3, 0.4) is 0 Å². The average Bonchev–Trinajstić information content (AvgIpc) is 3.67. The van der Waals surface area contributed by atoms with Crippen molar-refractivity contribution in [2.45, 2.75) is 0 Å². The quantitative estimate of drug-likeness (QED) is 0.309. The monoisotopic (exact) mass is 560 g/mol. The summed E-state index contributed by atoms with van der Waals surface area (Å²) in [6, 6.07) is 14.5. The summed E-state index contributed by atoms with van der Waals surface area (Å²) in [5, 5.41) is 8.67. The molecule has 0 unspecified atom stereocenters. The second kappa shape index (κ2) is 11.4. The number of ether oxygens (including phenoxy) is 4. The van der Waals surface area contributed by atoms with Gasteiger partial charge >= 0.3 is 0 Å². The van der Waals surface area contributed by atoms with Crippen LogP contribution in [0.15, 0.2) is 78.1 Å². The van der Waals surface area contributed by atoms with Crippen LogP contribution in [0.1, 0.15) is 0 Å². The maximum absolute atomic E-state index is 11.9. The topological polar surface area (TPSA) is 117 Å². The van der Waals surface area contributed by atoms with E-state index in [0.717, 1.165) is 16.6 Å². The Labute approximate surface area is 233 Å². The van der Waals surface area contributed by atoms with Crippen LogP contribution in [0.2, 0.25) is 5.15 Å². The molecule has 0 atom stereocenters. The van der Waals surface area contributed by atoms with Gasteiger partial charge in [-0.25, -0.2) is 14.0 Å². The predicted octanol–water partition coefficient (Wildman–Crippen LogP) is 4.77. The van der Waals surface area contributed by atoms with Crippen LogP contribution in [-0.4, -0.2) is 57.6 Å². The molecule has 0 aliphatic heterocycles. The molecule has 204 valence electrons. The lowest BCUT2D eigenvalue weighted by Crippen LogP contribution is -2.10. The standard InChI is InChI=1S/C14H12ClN3O2.C14H13N3O3/c1-19-12-4-3-9(7-13(12)20-2)10-8-18-11(5-6-16-18)14(15)17-10;1-19-12-4-3-9(7-13(12)20-2)10-8-17-11(5-6-15-17)14(18)16-10/h3-8H,1-2H3;3-8H,1-2H3,(H,16,18). The molecule has 11 nitrogen and oxygen atoms in total. The molecule has 6 aromatic rings. The van der Waals surface area contributed by atoms with Crippen molar-refractivity contribution in [3.8, 4) is 45.5 Å². The van der Waals surface area contributed by atoms with Crippen molar-refractivity contribution in [3.63, 3.8) is 0 Å². The highest BCUT2D eigenvalue weighted by Crippen LogP contribution is 2.33. The second-order valence-electron chi connectivity index (χ2n) is 8.38. The maximum Gasteiger partial charge on any atom is 0.274 e. The summed E-state index contributed by atoms with van der Waals surface area (Å²) >= 11 is 6.16. The molecule has 0 amide bonds. The zero-order valence-corrected chi connectivity index (χ0v) is 22.8. The predicted molar refractivity (Wildman–Crippen MR) is 151 cm³/mol. The fraction of sp³-hybridized carbons (Fsp3) is 0.143. The van der Waals surface area contributed by atoms with Crippen LogP contribution in [0, 0.1) is 0 Å². The SMILES string of the molecule is COc1ccc(-c2cn3nccc3c(=O)[nH]2)cc1OC.COc1ccc(-c2cn3nccc3c(Cl)n2)cc1OC. The molecule has 0 spiro atoms. The number of fused-ring (bicyclic) bond motifs is 2. The van der Waals surface area contributed by atoms with E-state index < -0.39 is 0 Å². The Morgan fingerprint density at radius 2 is 1.25 bits per heavy atom. The van der Waals surface area contributed by atoms with E-state index in [2.05, 4.69) is 20.2 Å². The van der Waals surface area contributed by atoms with Crippen LogP contribution in [0.5, 0.6) is 23.0 Å². The van der Waals surface area contributed by atoms with Crippen molar-refractivity contribution >= 4 is 22.6 Å². The average molecular weight is 561 g/mol. The number of halogens is 1. The zero-order valence-electron chi connectivity index (χ0n) is 22.1. The number of hydrogen-bond acceptors (Lipinski definition) is 8. The number of nitrogens with one attached hydrogen (secondary N) is 1. The van der Waals surface area contributed by atoms with Gasteiger partial charge in [-0.1, -0.05) is 11.6 Å². The van der Waals surface area contributed by atoms with Gasteiger partial charge in [-0.3, -0.25) is 4.79 Å². The molecule has 0 radical (unpaired) electrons. The van der Waals surface area contributed by atoms with E-state index in [0.29, 0.717) is 45.1 Å². The third-order valence-electron chi connectivity index (χ3n) is 6.12. The van der Waals surface area contributed by atoms with Gasteiger partial charge in [0.1, 0.15) is 11.0 Å². The molecular formula is C28H25ClN6O5. The molecular weight excluding hydrogens is 536 g/mol. The minimum absolute atomic E-state index is 0.185. The Bertz CT molecular complexity index is 1860. The van der Waals surface area contributed by atoms with E-state index in [-0.39, 0.29) is 5.56 Å². The first-order valence-electron chi connectivity index (χ1n) is 12.0. The van der Waals surface area contributed by atoms with E-state index in [4.69, 9.17) is 30.5 Å². The van der Waals surface area contributed by atoms with Gasteiger partial charge in [-0.15, -0.1) is 0 Å². The number of benzene rings is 2. The fourth-order valence-electron chi connectivity index (χ4n) is 4.11. The van der Waals surface area contributed by atoms with E-state index in [1.165, 1.54) is 0 Å². The molecule has 1 N–H and O–H groups in total. The molecule has 0 saturated heterocycles. The lowest BCUT2D eigenvalue weighted by molar-refractivity contribution is 0.355. The molecule has 4 aromatic heterocycles. The van der Waals surface area contributed by atoms with Gasteiger partial charge < -0.3 is 23.9 Å². The number of aromatic amines is 1. The Hall–Kier alpha value is -5.03. The van der Waals surface area contributed by atoms with E-state index in [9.17, 15) is 4.79 Å². The molecule has 4 heterocycles. The molecule has 12 heteroatoms. The third-order valence-corrected chi connectivity index (χ3v) is 6.40. The Balaban J connectivity index is 0.000000161. The molecule has 0 bridgehead atoms. The van der Waals surface area contributed by atoms with E-state index in [1.54, 1.807) is 74.3 Å². The van der Waals surface area contributed by atoms with Gasteiger partial charge in [0, 0.05) is 11.1 Å². The number of rotatable bonds is 6. The molecule has 0 saturated carbocycles. The van der Waals surface area contributed by atoms with Crippen LogP contribution < -0.4 is 24.5 Å². The van der Waals surface area contributed by atoms with Crippen LogP contribution in [-0.2, 0) is 0 Å². The zero-order chi connectivity index (χ0) is 28.2. The van der Waals surface area contributed by atoms with Gasteiger partial charge in [0.15, 0.2) is 28.2 Å². The number of hydrogen-bond donors (Lipinski definition) is 1. The highest BCUT2D eigenvalue weighted by molar-refractivity contribution is 6.32. The first-order valence-corrected chi connectivity index (χ1v) is 12.3. The number of aromatic nitrogens is 6. The summed E-state index contributed by atoms with van der Waals surface area (Å²) in [4.78, 5) is 19.2. The first kappa shape index (κ1) is 26.6. The number of nitrogens with zero attached hydrogens (tertiary/aromatic N) is 5. The van der Waals surface area contributed by atoms with Gasteiger partial charge in [0.2, 0.25) is 0 Å². The molecule has 0 fully saturated rings. The minimum Gasteiger partial charge on any atom is -0.493 e. The Morgan fingerprint density at radius 1 is 0.700 bits per heavy atom. The summed E-state index contributed by atoms with van der Waals surface area (Å²) in [6.45, 7) is 0. The van der Waals surface area contributed by atoms with Crippen molar-refractivity contribution in [2.24, 2.45) is 0 Å². The lowest BCUT2D eigenvalue weighted by atomic mass is 10.1. The first-order chi connectivity index (χ1) is 19.4. The van der Waals surface area contributed by atoms with Crippen LogP contribution >= 0.6 is 11.6 Å².